The number of hydrogen-bond acceptors (Lipinski definition) is 4. The van der Waals surface area contributed by atoms with Crippen LogP contribution in [0, 0.1) is 20.8 Å². The fourth-order valence-electron chi connectivity index (χ4n) is 3.52. The van der Waals surface area contributed by atoms with E-state index in [1.54, 1.807) is 10.4 Å². The van der Waals surface area contributed by atoms with Gasteiger partial charge in [0, 0.05) is 26.2 Å². The van der Waals surface area contributed by atoms with Crippen LogP contribution in [0.25, 0.3) is 0 Å². The topological polar surface area (TPSA) is 49.9 Å². The highest BCUT2D eigenvalue weighted by molar-refractivity contribution is 7.89. The van der Waals surface area contributed by atoms with Gasteiger partial charge in [0.05, 0.1) is 17.2 Å². The first-order valence-electron chi connectivity index (χ1n) is 9.39. The fraction of sp³-hybridized carbons (Fsp3) is 0.429. The van der Waals surface area contributed by atoms with Gasteiger partial charge in [-0.25, -0.2) is 8.42 Å². The third-order valence-corrected chi connectivity index (χ3v) is 7.19. The van der Waals surface area contributed by atoms with Gasteiger partial charge in [-0.2, -0.15) is 4.31 Å². The molecule has 27 heavy (non-hydrogen) atoms. The van der Waals surface area contributed by atoms with E-state index in [0.717, 1.165) is 28.1 Å². The van der Waals surface area contributed by atoms with E-state index in [2.05, 4.69) is 4.90 Å². The lowest BCUT2D eigenvalue weighted by molar-refractivity contribution is 0.337. The van der Waals surface area contributed by atoms with Crippen LogP contribution in [0.1, 0.15) is 23.6 Å². The monoisotopic (exact) mass is 388 g/mol. The minimum atomic E-state index is -3.48. The van der Waals surface area contributed by atoms with Crippen LogP contribution in [-0.4, -0.2) is 45.5 Å². The van der Waals surface area contributed by atoms with Crippen molar-refractivity contribution in [1.29, 1.82) is 0 Å². The molecule has 3 rings (SSSR count). The number of rotatable bonds is 5. The number of piperazine rings is 1. The molecular weight excluding hydrogens is 360 g/mol. The van der Waals surface area contributed by atoms with Crippen molar-refractivity contribution in [2.75, 3.05) is 37.7 Å². The normalized spacial score (nSPS) is 15.8. The van der Waals surface area contributed by atoms with Crippen LogP contribution >= 0.6 is 0 Å². The van der Waals surface area contributed by atoms with E-state index in [1.807, 2.05) is 58.0 Å². The second-order valence-electron chi connectivity index (χ2n) is 6.99. The van der Waals surface area contributed by atoms with Crippen molar-refractivity contribution in [1.82, 2.24) is 4.31 Å². The molecular formula is C21H28N2O3S. The lowest BCUT2D eigenvalue weighted by atomic mass is 10.1. The maximum Gasteiger partial charge on any atom is 0.243 e. The zero-order chi connectivity index (χ0) is 19.6. The molecule has 5 nitrogen and oxygen atoms in total. The first-order valence-corrected chi connectivity index (χ1v) is 10.8. The Kier molecular flexibility index (Phi) is 5.77. The summed E-state index contributed by atoms with van der Waals surface area (Å²) in [5, 5.41) is 0. The van der Waals surface area contributed by atoms with Crippen LogP contribution in [0.3, 0.4) is 0 Å². The first-order chi connectivity index (χ1) is 12.8. The number of hydrogen-bond donors (Lipinski definition) is 0. The number of aryl methyl sites for hydroxylation is 3. The Labute approximate surface area is 162 Å². The maximum absolute atomic E-state index is 13.2. The van der Waals surface area contributed by atoms with Crippen LogP contribution in [0.5, 0.6) is 5.75 Å². The van der Waals surface area contributed by atoms with Crippen LogP contribution in [0.4, 0.5) is 5.69 Å². The largest absolute Gasteiger partial charge is 0.492 e. The molecule has 146 valence electrons. The van der Waals surface area contributed by atoms with E-state index < -0.39 is 10.0 Å². The third-order valence-electron chi connectivity index (χ3n) is 5.15. The minimum Gasteiger partial charge on any atom is -0.492 e. The van der Waals surface area contributed by atoms with Crippen LogP contribution in [0.2, 0.25) is 0 Å². The van der Waals surface area contributed by atoms with Crippen molar-refractivity contribution < 1.29 is 13.2 Å². The van der Waals surface area contributed by atoms with Crippen molar-refractivity contribution in [2.24, 2.45) is 0 Å². The van der Waals surface area contributed by atoms with Gasteiger partial charge in [-0.3, -0.25) is 0 Å². The highest BCUT2D eigenvalue weighted by atomic mass is 32.2. The van der Waals surface area contributed by atoms with Crippen molar-refractivity contribution in [3.63, 3.8) is 0 Å². The molecule has 0 spiro atoms. The van der Waals surface area contributed by atoms with Gasteiger partial charge in [-0.1, -0.05) is 18.2 Å². The predicted octanol–water partition coefficient (Wildman–Crippen LogP) is 3.52. The number of nitrogens with zero attached hydrogens (tertiary/aromatic N) is 2. The summed E-state index contributed by atoms with van der Waals surface area (Å²) >= 11 is 0. The van der Waals surface area contributed by atoms with Crippen LogP contribution < -0.4 is 9.64 Å². The number of ether oxygens (including phenoxy) is 1. The molecule has 0 aromatic heterocycles. The highest BCUT2D eigenvalue weighted by Crippen LogP contribution is 2.30. The van der Waals surface area contributed by atoms with Crippen LogP contribution in [0.15, 0.2) is 41.3 Å². The van der Waals surface area contributed by atoms with E-state index in [0.29, 0.717) is 37.7 Å². The van der Waals surface area contributed by atoms with Gasteiger partial charge in [0.2, 0.25) is 10.0 Å². The molecule has 2 aromatic carbocycles. The lowest BCUT2D eigenvalue weighted by Gasteiger charge is -2.36. The molecule has 2 aromatic rings. The van der Waals surface area contributed by atoms with Gasteiger partial charge in [-0.15, -0.1) is 0 Å². The SMILES string of the molecule is CCOc1ccccc1N1CCN(S(=O)(=O)c2cc(C)c(C)cc2C)CC1. The summed E-state index contributed by atoms with van der Waals surface area (Å²) in [6.45, 7) is 10.6. The second kappa shape index (κ2) is 7.90. The molecule has 0 unspecified atom stereocenters. The van der Waals surface area contributed by atoms with Gasteiger partial charge < -0.3 is 9.64 Å². The Morgan fingerprint density at radius 2 is 1.56 bits per heavy atom. The summed E-state index contributed by atoms with van der Waals surface area (Å²) in [4.78, 5) is 2.62. The van der Waals surface area contributed by atoms with Gasteiger partial charge in [0.25, 0.3) is 0 Å². The van der Waals surface area contributed by atoms with E-state index in [4.69, 9.17) is 4.74 Å². The lowest BCUT2D eigenvalue weighted by Crippen LogP contribution is -2.48. The average molecular weight is 389 g/mol. The Bertz CT molecular complexity index is 917. The Hall–Kier alpha value is -2.05. The molecule has 1 heterocycles. The van der Waals surface area contributed by atoms with Gasteiger partial charge in [0.1, 0.15) is 5.75 Å². The molecule has 0 bridgehead atoms. The van der Waals surface area contributed by atoms with Gasteiger partial charge >= 0.3 is 0 Å². The molecule has 0 amide bonds. The molecule has 6 heteroatoms. The van der Waals surface area contributed by atoms with E-state index in [9.17, 15) is 8.42 Å². The number of sulfonamides is 1. The van der Waals surface area contributed by atoms with Crippen molar-refractivity contribution in [2.45, 2.75) is 32.6 Å². The number of benzene rings is 2. The molecule has 0 radical (unpaired) electrons. The summed E-state index contributed by atoms with van der Waals surface area (Å²) in [6.07, 6.45) is 0. The zero-order valence-electron chi connectivity index (χ0n) is 16.5. The molecule has 0 aliphatic carbocycles. The average Bonchev–Trinajstić information content (AvgIpc) is 2.65. The summed E-state index contributed by atoms with van der Waals surface area (Å²) < 4.78 is 33.7. The quantitative estimate of drug-likeness (QED) is 0.786. The number of anilines is 1. The van der Waals surface area contributed by atoms with Gasteiger partial charge in [0.15, 0.2) is 0 Å². The molecule has 1 saturated heterocycles. The Morgan fingerprint density at radius 3 is 2.22 bits per heavy atom. The van der Waals surface area contributed by atoms with Crippen molar-refractivity contribution in [3.05, 3.63) is 53.1 Å². The van der Waals surface area contributed by atoms with E-state index in [-0.39, 0.29) is 0 Å². The minimum absolute atomic E-state index is 0.425. The third kappa shape index (κ3) is 3.96. The predicted molar refractivity (Wildman–Crippen MR) is 109 cm³/mol. The Morgan fingerprint density at radius 1 is 0.926 bits per heavy atom. The number of para-hydroxylation sites is 2. The molecule has 1 fully saturated rings. The zero-order valence-corrected chi connectivity index (χ0v) is 17.3. The molecule has 0 atom stereocenters. The molecule has 0 N–H and O–H groups in total. The van der Waals surface area contributed by atoms with E-state index >= 15 is 0 Å². The molecule has 1 aliphatic heterocycles. The van der Waals surface area contributed by atoms with Crippen molar-refractivity contribution >= 4 is 15.7 Å². The van der Waals surface area contributed by atoms with Crippen molar-refractivity contribution in [3.8, 4) is 5.75 Å². The highest BCUT2D eigenvalue weighted by Gasteiger charge is 2.30. The van der Waals surface area contributed by atoms with Crippen LogP contribution in [-0.2, 0) is 10.0 Å². The van der Waals surface area contributed by atoms with Gasteiger partial charge in [-0.05, 0) is 62.6 Å². The maximum atomic E-state index is 13.2. The Balaban J connectivity index is 1.79. The molecule has 1 aliphatic rings. The second-order valence-corrected chi connectivity index (χ2v) is 8.90. The summed E-state index contributed by atoms with van der Waals surface area (Å²) in [5.41, 5.74) is 3.95. The van der Waals surface area contributed by atoms with E-state index in [1.165, 1.54) is 0 Å². The first kappa shape index (κ1) is 19.7. The summed E-state index contributed by atoms with van der Waals surface area (Å²) in [6, 6.07) is 11.7. The smallest absolute Gasteiger partial charge is 0.243 e. The summed E-state index contributed by atoms with van der Waals surface area (Å²) in [7, 11) is -3.48. The summed E-state index contributed by atoms with van der Waals surface area (Å²) in [5.74, 6) is 0.848. The fourth-order valence-corrected chi connectivity index (χ4v) is 5.23. The molecule has 0 saturated carbocycles. The standard InChI is InChI=1S/C21H28N2O3S/c1-5-26-20-9-7-6-8-19(20)22-10-12-23(13-11-22)27(24,25)21-15-17(3)16(2)14-18(21)4/h6-9,14-15H,5,10-13H2,1-4H3.